The standard InChI is InChI=1S/C25H25N3O6S/c1-33-13-21(24(31)26-11-22-27-15(14-35-22)10-23(29)30)28-25(32)34-12-20-18-8-4-2-6-16(18)17-7-3-5-9-19(17)20/h2-9,14,20-21H,10-13H2,1H3,(H,26,31)(H,28,32)(H,29,30)/t21-/m0/s1. The first-order valence-electron chi connectivity index (χ1n) is 11.0. The van der Waals surface area contributed by atoms with Crippen LogP contribution < -0.4 is 10.6 Å². The molecule has 0 aliphatic heterocycles. The maximum absolute atomic E-state index is 12.6. The molecular weight excluding hydrogens is 470 g/mol. The summed E-state index contributed by atoms with van der Waals surface area (Å²) >= 11 is 1.25. The summed E-state index contributed by atoms with van der Waals surface area (Å²) in [6.45, 7) is 0.195. The third-order valence-electron chi connectivity index (χ3n) is 5.63. The third-order valence-corrected chi connectivity index (χ3v) is 6.53. The number of nitrogens with zero attached hydrogens (tertiary/aromatic N) is 1. The number of ether oxygens (including phenoxy) is 2. The van der Waals surface area contributed by atoms with Crippen molar-refractivity contribution in [3.05, 3.63) is 75.7 Å². The second kappa shape index (κ2) is 11.1. The number of hydrogen-bond acceptors (Lipinski definition) is 7. The predicted octanol–water partition coefficient (Wildman–Crippen LogP) is 2.94. The molecule has 2 aromatic carbocycles. The molecule has 1 aromatic heterocycles. The molecule has 3 N–H and O–H groups in total. The summed E-state index contributed by atoms with van der Waals surface area (Å²) in [6.07, 6.45) is -0.901. The van der Waals surface area contributed by atoms with Crippen LogP contribution >= 0.6 is 11.3 Å². The van der Waals surface area contributed by atoms with Crippen LogP contribution in [-0.2, 0) is 32.0 Å². The maximum atomic E-state index is 12.6. The molecule has 1 aliphatic carbocycles. The van der Waals surface area contributed by atoms with Crippen molar-refractivity contribution in [2.75, 3.05) is 20.3 Å². The van der Waals surface area contributed by atoms with Gasteiger partial charge < -0.3 is 25.2 Å². The number of nitrogens with one attached hydrogen (secondary N) is 2. The zero-order valence-electron chi connectivity index (χ0n) is 19.0. The second-order valence-corrected chi connectivity index (χ2v) is 8.94. The second-order valence-electron chi connectivity index (χ2n) is 8.00. The van der Waals surface area contributed by atoms with Crippen LogP contribution in [0.4, 0.5) is 4.79 Å². The van der Waals surface area contributed by atoms with Crippen LogP contribution in [-0.4, -0.2) is 54.4 Å². The molecular formula is C25H25N3O6S. The number of aromatic nitrogens is 1. The first kappa shape index (κ1) is 24.4. The molecule has 9 nitrogen and oxygen atoms in total. The number of aliphatic carboxylic acids is 1. The van der Waals surface area contributed by atoms with Gasteiger partial charge in [0.15, 0.2) is 0 Å². The summed E-state index contributed by atoms with van der Waals surface area (Å²) < 4.78 is 10.6. The van der Waals surface area contributed by atoms with Crippen molar-refractivity contribution >= 4 is 29.3 Å². The van der Waals surface area contributed by atoms with Crippen molar-refractivity contribution in [2.24, 2.45) is 0 Å². The average molecular weight is 496 g/mol. The van der Waals surface area contributed by atoms with E-state index in [4.69, 9.17) is 14.6 Å². The first-order chi connectivity index (χ1) is 17.0. The van der Waals surface area contributed by atoms with Gasteiger partial charge in [-0.1, -0.05) is 48.5 Å². The number of methoxy groups -OCH3 is 1. The molecule has 182 valence electrons. The summed E-state index contributed by atoms with van der Waals surface area (Å²) in [5, 5.41) is 16.3. The van der Waals surface area contributed by atoms with Gasteiger partial charge in [-0.3, -0.25) is 9.59 Å². The Balaban J connectivity index is 1.33. The molecule has 35 heavy (non-hydrogen) atoms. The van der Waals surface area contributed by atoms with E-state index in [1.165, 1.54) is 18.4 Å². The van der Waals surface area contributed by atoms with Crippen LogP contribution in [0.25, 0.3) is 11.1 Å². The van der Waals surface area contributed by atoms with E-state index in [1.54, 1.807) is 5.38 Å². The van der Waals surface area contributed by atoms with Gasteiger partial charge in [-0.2, -0.15) is 0 Å². The Labute approximate surface area is 206 Å². The van der Waals surface area contributed by atoms with Crippen molar-refractivity contribution in [3.8, 4) is 11.1 Å². The number of benzene rings is 2. The lowest BCUT2D eigenvalue weighted by Crippen LogP contribution is -2.49. The normalized spacial score (nSPS) is 12.9. The summed E-state index contributed by atoms with van der Waals surface area (Å²) in [4.78, 5) is 40.2. The van der Waals surface area contributed by atoms with Crippen molar-refractivity contribution < 1.29 is 29.0 Å². The molecule has 3 aromatic rings. The van der Waals surface area contributed by atoms with E-state index in [-0.39, 0.29) is 32.1 Å². The fourth-order valence-corrected chi connectivity index (χ4v) is 4.82. The molecule has 1 aliphatic rings. The number of carbonyl (C=O) groups excluding carboxylic acids is 2. The van der Waals surface area contributed by atoms with E-state index in [1.807, 2.05) is 36.4 Å². The van der Waals surface area contributed by atoms with Gasteiger partial charge in [-0.25, -0.2) is 9.78 Å². The van der Waals surface area contributed by atoms with Gasteiger partial charge in [0.2, 0.25) is 5.91 Å². The lowest BCUT2D eigenvalue weighted by molar-refractivity contribution is -0.136. The molecule has 0 fully saturated rings. The molecule has 0 saturated heterocycles. The number of carboxylic acids is 1. The zero-order valence-corrected chi connectivity index (χ0v) is 19.8. The van der Waals surface area contributed by atoms with Gasteiger partial charge in [-0.15, -0.1) is 11.3 Å². The quantitative estimate of drug-likeness (QED) is 0.395. The van der Waals surface area contributed by atoms with Crippen molar-refractivity contribution in [2.45, 2.75) is 24.9 Å². The minimum atomic E-state index is -0.974. The van der Waals surface area contributed by atoms with Gasteiger partial charge in [0.05, 0.1) is 25.3 Å². The Kier molecular flexibility index (Phi) is 7.74. The van der Waals surface area contributed by atoms with Crippen LogP contribution in [0.2, 0.25) is 0 Å². The summed E-state index contributed by atoms with van der Waals surface area (Å²) in [5.41, 5.74) is 4.87. The molecule has 1 heterocycles. The van der Waals surface area contributed by atoms with E-state index in [2.05, 4.69) is 27.8 Å². The average Bonchev–Trinajstić information content (AvgIpc) is 3.42. The van der Waals surface area contributed by atoms with E-state index >= 15 is 0 Å². The molecule has 4 rings (SSSR count). The maximum Gasteiger partial charge on any atom is 0.407 e. The van der Waals surface area contributed by atoms with Crippen LogP contribution in [0.5, 0.6) is 0 Å². The van der Waals surface area contributed by atoms with Crippen LogP contribution in [0, 0.1) is 0 Å². The number of thiazole rings is 1. The number of rotatable bonds is 10. The fourth-order valence-electron chi connectivity index (χ4n) is 4.08. The molecule has 1 atom stereocenters. The van der Waals surface area contributed by atoms with Crippen molar-refractivity contribution in [1.29, 1.82) is 0 Å². The highest BCUT2D eigenvalue weighted by atomic mass is 32.1. The summed E-state index contributed by atoms with van der Waals surface area (Å²) in [6, 6.07) is 15.1. The van der Waals surface area contributed by atoms with E-state index in [0.29, 0.717) is 10.7 Å². The highest BCUT2D eigenvalue weighted by Gasteiger charge is 2.29. The van der Waals surface area contributed by atoms with Gasteiger partial charge in [0.1, 0.15) is 17.7 Å². The molecule has 0 saturated carbocycles. The first-order valence-corrected chi connectivity index (χ1v) is 11.9. The third kappa shape index (κ3) is 5.84. The Morgan fingerprint density at radius 2 is 1.74 bits per heavy atom. The molecule has 2 amide bonds. The van der Waals surface area contributed by atoms with Crippen LogP contribution in [0.1, 0.15) is 27.7 Å². The highest BCUT2D eigenvalue weighted by molar-refractivity contribution is 7.09. The van der Waals surface area contributed by atoms with Crippen LogP contribution in [0.3, 0.4) is 0 Å². The molecule has 10 heteroatoms. The summed E-state index contributed by atoms with van der Waals surface area (Å²) in [7, 11) is 1.43. The lowest BCUT2D eigenvalue weighted by atomic mass is 9.98. The fraction of sp³-hybridized carbons (Fsp3) is 0.280. The van der Waals surface area contributed by atoms with Crippen molar-refractivity contribution in [1.82, 2.24) is 15.6 Å². The predicted molar refractivity (Wildman–Crippen MR) is 129 cm³/mol. The van der Waals surface area contributed by atoms with E-state index in [0.717, 1.165) is 22.3 Å². The van der Waals surface area contributed by atoms with Gasteiger partial charge >= 0.3 is 12.1 Å². The molecule has 0 radical (unpaired) electrons. The van der Waals surface area contributed by atoms with E-state index < -0.39 is 24.0 Å². The summed E-state index contributed by atoms with van der Waals surface area (Å²) in [5.74, 6) is -1.53. The smallest absolute Gasteiger partial charge is 0.407 e. The number of fused-ring (bicyclic) bond motifs is 3. The van der Waals surface area contributed by atoms with Gasteiger partial charge in [0.25, 0.3) is 0 Å². The monoisotopic (exact) mass is 495 g/mol. The number of amides is 2. The number of carboxylic acid groups (broad SMARTS) is 1. The lowest BCUT2D eigenvalue weighted by Gasteiger charge is -2.19. The number of alkyl carbamates (subject to hydrolysis) is 1. The van der Waals surface area contributed by atoms with E-state index in [9.17, 15) is 14.4 Å². The van der Waals surface area contributed by atoms with Crippen molar-refractivity contribution in [3.63, 3.8) is 0 Å². The zero-order chi connectivity index (χ0) is 24.8. The minimum absolute atomic E-state index is 0.0435. The highest BCUT2D eigenvalue weighted by Crippen LogP contribution is 2.44. The largest absolute Gasteiger partial charge is 0.481 e. The molecule has 0 unspecified atom stereocenters. The van der Waals surface area contributed by atoms with Gasteiger partial charge in [0, 0.05) is 18.4 Å². The Morgan fingerprint density at radius 1 is 1.09 bits per heavy atom. The van der Waals surface area contributed by atoms with Crippen LogP contribution in [0.15, 0.2) is 53.9 Å². The topological polar surface area (TPSA) is 127 Å². The number of carbonyl (C=O) groups is 3. The Hall–Kier alpha value is -3.76. The Morgan fingerprint density at radius 3 is 2.37 bits per heavy atom. The number of hydrogen-bond donors (Lipinski definition) is 3. The minimum Gasteiger partial charge on any atom is -0.481 e. The SMILES string of the molecule is COC[C@H](NC(=O)OCC1c2ccccc2-c2ccccc21)C(=O)NCc1nc(CC(=O)O)cs1. The molecule has 0 spiro atoms. The van der Waals surface area contributed by atoms with Gasteiger partial charge in [-0.05, 0) is 22.3 Å². The molecule has 0 bridgehead atoms. The Bertz CT molecular complexity index is 1180.